The number of benzene rings is 2. The van der Waals surface area contributed by atoms with Crippen LogP contribution in [0.25, 0.3) is 0 Å². The standard InChI is InChI=1S/C7H7.C6H5.BrH.Mg/c1-7-5-3-2-4-6-7;1-2-4-6-5-3-1;;/h2-6H,1H2;1-5H;1H;/q2*-1;;+2. The fraction of sp³-hybridized carbons (Fsp3) is 0. The summed E-state index contributed by atoms with van der Waals surface area (Å²) in [7, 11) is 0. The van der Waals surface area contributed by atoms with Gasteiger partial charge in [0.15, 0.2) is 0 Å². The van der Waals surface area contributed by atoms with Gasteiger partial charge in [0.1, 0.15) is 0 Å². The molecule has 0 atom stereocenters. The third kappa shape index (κ3) is 9.85. The van der Waals surface area contributed by atoms with Gasteiger partial charge >= 0.3 is 23.1 Å². The molecule has 2 aromatic carbocycles. The second-order valence-corrected chi connectivity index (χ2v) is 2.56. The van der Waals surface area contributed by atoms with E-state index in [0.29, 0.717) is 0 Å². The Balaban J connectivity index is 0. The summed E-state index contributed by atoms with van der Waals surface area (Å²) in [4.78, 5) is 0. The molecule has 0 heterocycles. The predicted octanol–water partition coefficient (Wildman–Crippen LogP) is 3.55. The maximum Gasteiger partial charge on any atom is 2.00 e. The molecule has 2 heteroatoms. The molecule has 0 aliphatic heterocycles. The molecule has 0 nitrogen and oxygen atoms in total. The molecule has 74 valence electrons. The Morgan fingerprint density at radius 2 is 1.27 bits per heavy atom. The van der Waals surface area contributed by atoms with Crippen LogP contribution < -0.4 is 0 Å². The molecule has 0 amide bonds. The molecule has 0 fully saturated rings. The van der Waals surface area contributed by atoms with Crippen molar-refractivity contribution in [2.45, 2.75) is 0 Å². The Kier molecular flexibility index (Phi) is 13.2. The molecule has 0 spiro atoms. The number of rotatable bonds is 0. The fourth-order valence-electron chi connectivity index (χ4n) is 0.820. The summed E-state index contributed by atoms with van der Waals surface area (Å²) in [6.45, 7) is 3.72. The molecule has 0 aliphatic rings. The van der Waals surface area contributed by atoms with E-state index in [0.717, 1.165) is 5.56 Å². The van der Waals surface area contributed by atoms with Crippen LogP contribution in [0.3, 0.4) is 0 Å². The third-order valence-electron chi connectivity index (χ3n) is 1.45. The first-order chi connectivity index (χ1) is 6.39. The minimum absolute atomic E-state index is 0. The smallest absolute Gasteiger partial charge is 0.199 e. The monoisotopic (exact) mass is 272 g/mol. The summed E-state index contributed by atoms with van der Waals surface area (Å²) >= 11 is 0. The molecule has 0 unspecified atom stereocenters. The van der Waals surface area contributed by atoms with E-state index in [1.165, 1.54) is 0 Å². The minimum Gasteiger partial charge on any atom is -0.199 e. The maximum absolute atomic E-state index is 3.72. The van der Waals surface area contributed by atoms with Crippen LogP contribution in [0.2, 0.25) is 0 Å². The number of hydrogen-bond donors (Lipinski definition) is 0. The molecule has 2 rings (SSSR count). The first-order valence-electron chi connectivity index (χ1n) is 4.17. The molecule has 0 bridgehead atoms. The van der Waals surface area contributed by atoms with E-state index in [4.69, 9.17) is 0 Å². The van der Waals surface area contributed by atoms with Crippen molar-refractivity contribution in [2.75, 3.05) is 0 Å². The fourth-order valence-corrected chi connectivity index (χ4v) is 0.820. The van der Waals surface area contributed by atoms with E-state index in [-0.39, 0.29) is 40.0 Å². The van der Waals surface area contributed by atoms with Gasteiger partial charge in [-0.3, -0.25) is 0 Å². The summed E-state index contributed by atoms with van der Waals surface area (Å²) in [5.74, 6) is 0. The van der Waals surface area contributed by atoms with Gasteiger partial charge in [0.25, 0.3) is 0 Å². The van der Waals surface area contributed by atoms with Crippen LogP contribution >= 0.6 is 17.0 Å². The normalized spacial score (nSPS) is 7.20. The van der Waals surface area contributed by atoms with Crippen molar-refractivity contribution in [3.63, 3.8) is 0 Å². The topological polar surface area (TPSA) is 0 Å². The van der Waals surface area contributed by atoms with Crippen molar-refractivity contribution in [1.82, 2.24) is 0 Å². The molecule has 0 N–H and O–H groups in total. The van der Waals surface area contributed by atoms with E-state index in [9.17, 15) is 0 Å². The van der Waals surface area contributed by atoms with Crippen molar-refractivity contribution in [3.05, 3.63) is 79.2 Å². The van der Waals surface area contributed by atoms with Gasteiger partial charge in [0.2, 0.25) is 0 Å². The molecule has 0 aromatic heterocycles. The van der Waals surface area contributed by atoms with E-state index in [1.807, 2.05) is 60.7 Å². The van der Waals surface area contributed by atoms with Crippen molar-refractivity contribution in [3.8, 4) is 0 Å². The van der Waals surface area contributed by atoms with Gasteiger partial charge in [-0.05, 0) is 0 Å². The zero-order valence-corrected chi connectivity index (χ0v) is 11.7. The molecule has 0 radical (unpaired) electrons. The number of halogens is 1. The molecule has 15 heavy (non-hydrogen) atoms. The zero-order chi connectivity index (χ0) is 9.36. The van der Waals surface area contributed by atoms with E-state index in [1.54, 1.807) is 0 Å². The second kappa shape index (κ2) is 11.6. The zero-order valence-electron chi connectivity index (χ0n) is 8.60. The summed E-state index contributed by atoms with van der Waals surface area (Å²) in [6, 6.07) is 22.4. The Labute approximate surface area is 119 Å². The van der Waals surface area contributed by atoms with Gasteiger partial charge in [-0.15, -0.1) is 29.1 Å². The summed E-state index contributed by atoms with van der Waals surface area (Å²) < 4.78 is 0. The molecular weight excluding hydrogens is 260 g/mol. The van der Waals surface area contributed by atoms with Gasteiger partial charge in [-0.25, -0.2) is 0 Å². The third-order valence-corrected chi connectivity index (χ3v) is 1.45. The van der Waals surface area contributed by atoms with Crippen LogP contribution in [-0.2, 0) is 0 Å². The summed E-state index contributed by atoms with van der Waals surface area (Å²) in [5, 5.41) is 0. The van der Waals surface area contributed by atoms with Gasteiger partial charge in [-0.1, -0.05) is 6.07 Å². The van der Waals surface area contributed by atoms with E-state index >= 15 is 0 Å². The summed E-state index contributed by atoms with van der Waals surface area (Å²) in [5.41, 5.74) is 1.07. The molecule has 0 saturated heterocycles. The van der Waals surface area contributed by atoms with Crippen LogP contribution in [0.4, 0.5) is 0 Å². The maximum atomic E-state index is 3.72. The first kappa shape index (κ1) is 17.0. The Morgan fingerprint density at radius 3 is 1.47 bits per heavy atom. The van der Waals surface area contributed by atoms with Crippen molar-refractivity contribution in [2.24, 2.45) is 0 Å². The van der Waals surface area contributed by atoms with Crippen LogP contribution in [-0.4, -0.2) is 23.1 Å². The van der Waals surface area contributed by atoms with Crippen LogP contribution in [0, 0.1) is 13.0 Å². The summed E-state index contributed by atoms with van der Waals surface area (Å²) in [6.07, 6.45) is 0. The quantitative estimate of drug-likeness (QED) is 0.509. The molecule has 0 aliphatic carbocycles. The van der Waals surface area contributed by atoms with Gasteiger partial charge < -0.3 is 0 Å². The van der Waals surface area contributed by atoms with Crippen molar-refractivity contribution < 1.29 is 0 Å². The Morgan fingerprint density at radius 1 is 0.800 bits per heavy atom. The Bertz CT molecular complexity index is 281. The second-order valence-electron chi connectivity index (χ2n) is 2.56. The van der Waals surface area contributed by atoms with Crippen LogP contribution in [0.15, 0.2) is 60.7 Å². The molecule has 0 saturated carbocycles. The van der Waals surface area contributed by atoms with Crippen LogP contribution in [0.1, 0.15) is 5.56 Å². The SMILES string of the molecule is Br.[CH2-]c1ccccc1.[Mg+2].[c-]1ccccc1. The van der Waals surface area contributed by atoms with Crippen molar-refractivity contribution in [1.29, 1.82) is 0 Å². The van der Waals surface area contributed by atoms with E-state index in [2.05, 4.69) is 13.0 Å². The molecular formula is C13H13BrMg. The van der Waals surface area contributed by atoms with Crippen LogP contribution in [0.5, 0.6) is 0 Å². The first-order valence-corrected chi connectivity index (χ1v) is 4.17. The van der Waals surface area contributed by atoms with Gasteiger partial charge in [0.05, 0.1) is 0 Å². The Hall–Kier alpha value is -0.444. The number of hydrogen-bond acceptors (Lipinski definition) is 0. The molecule has 2 aromatic rings. The largest absolute Gasteiger partial charge is 2.00 e. The minimum atomic E-state index is 0. The average molecular weight is 273 g/mol. The van der Waals surface area contributed by atoms with Gasteiger partial charge in [-0.2, -0.15) is 61.0 Å². The average Bonchev–Trinajstić information content (AvgIpc) is 2.22. The van der Waals surface area contributed by atoms with E-state index < -0.39 is 0 Å². The van der Waals surface area contributed by atoms with Crippen molar-refractivity contribution >= 4 is 40.0 Å². The van der Waals surface area contributed by atoms with Gasteiger partial charge in [0, 0.05) is 0 Å². The predicted molar refractivity (Wildman–Crippen MR) is 72.3 cm³/mol.